The molecule has 1 atom stereocenters. The molecule has 3 rings (SSSR count). The molecule has 2 heterocycles. The van der Waals surface area contributed by atoms with Crippen molar-refractivity contribution in [3.8, 4) is 0 Å². The molecule has 2 N–H and O–H groups in total. The molecule has 1 unspecified atom stereocenters. The Bertz CT molecular complexity index is 608. The van der Waals surface area contributed by atoms with Gasteiger partial charge >= 0.3 is 0 Å². The fourth-order valence-corrected chi connectivity index (χ4v) is 3.02. The second-order valence-corrected chi connectivity index (χ2v) is 5.58. The molecule has 1 aliphatic heterocycles. The van der Waals surface area contributed by atoms with E-state index < -0.39 is 0 Å². The number of anilines is 1. The van der Waals surface area contributed by atoms with E-state index in [2.05, 4.69) is 24.3 Å². The number of fused-ring (bicyclic) bond motifs is 1. The summed E-state index contributed by atoms with van der Waals surface area (Å²) in [6, 6.07) is 6.07. The topological polar surface area (TPSA) is 70.2 Å². The molecular formula is C13H17N5OS. The molecule has 2 aromatic rings. The van der Waals surface area contributed by atoms with Crippen molar-refractivity contribution in [2.45, 2.75) is 12.5 Å². The molecule has 1 fully saturated rings. The molecule has 0 saturated carbocycles. The van der Waals surface area contributed by atoms with E-state index >= 15 is 0 Å². The van der Waals surface area contributed by atoms with Crippen LogP contribution in [0, 0.1) is 0 Å². The first-order valence-corrected chi connectivity index (χ1v) is 7.39. The highest BCUT2D eigenvalue weighted by atomic mass is 32.1. The third-order valence-corrected chi connectivity index (χ3v) is 4.15. The van der Waals surface area contributed by atoms with Gasteiger partial charge in [0.2, 0.25) is 5.91 Å². The van der Waals surface area contributed by atoms with Crippen molar-refractivity contribution in [2.24, 2.45) is 0 Å². The van der Waals surface area contributed by atoms with Crippen LogP contribution in [0.5, 0.6) is 0 Å². The molecule has 1 amide bonds. The second kappa shape index (κ2) is 5.82. The van der Waals surface area contributed by atoms with Crippen LogP contribution in [-0.2, 0) is 4.79 Å². The number of nitrogens with one attached hydrogen (secondary N) is 2. The van der Waals surface area contributed by atoms with Gasteiger partial charge in [0.1, 0.15) is 11.0 Å². The van der Waals surface area contributed by atoms with Crippen LogP contribution in [0.15, 0.2) is 18.2 Å². The Hall–Kier alpha value is -1.57. The number of likely N-dealkylation sites (N-methyl/N-ethyl adjacent to an activating group) is 1. The van der Waals surface area contributed by atoms with Crippen LogP contribution < -0.4 is 10.6 Å². The van der Waals surface area contributed by atoms with Gasteiger partial charge in [-0.05, 0) is 32.1 Å². The molecule has 1 saturated heterocycles. The van der Waals surface area contributed by atoms with Gasteiger partial charge in [0.05, 0.1) is 24.0 Å². The Morgan fingerprint density at radius 2 is 2.45 bits per heavy atom. The van der Waals surface area contributed by atoms with Crippen molar-refractivity contribution in [2.75, 3.05) is 32.0 Å². The summed E-state index contributed by atoms with van der Waals surface area (Å²) in [7, 11) is 1.99. The number of benzene rings is 1. The molecule has 106 valence electrons. The average molecular weight is 291 g/mol. The molecule has 7 heteroatoms. The highest BCUT2D eigenvalue weighted by Crippen LogP contribution is 2.21. The zero-order valence-electron chi connectivity index (χ0n) is 11.3. The molecule has 1 aromatic carbocycles. The van der Waals surface area contributed by atoms with E-state index in [0.29, 0.717) is 12.6 Å². The highest BCUT2D eigenvalue weighted by Gasteiger charge is 2.21. The van der Waals surface area contributed by atoms with Gasteiger partial charge in [-0.25, -0.2) is 0 Å². The van der Waals surface area contributed by atoms with E-state index in [1.54, 1.807) is 0 Å². The maximum absolute atomic E-state index is 12.1. The minimum Gasteiger partial charge on any atom is -0.323 e. The molecule has 6 nitrogen and oxygen atoms in total. The first-order valence-electron chi connectivity index (χ1n) is 6.66. The molecular weight excluding hydrogens is 274 g/mol. The molecule has 0 radical (unpaired) electrons. The summed E-state index contributed by atoms with van der Waals surface area (Å²) < 4.78 is 8.39. The van der Waals surface area contributed by atoms with E-state index in [1.165, 1.54) is 0 Å². The molecule has 0 spiro atoms. The fraction of sp³-hybridized carbons (Fsp3) is 0.462. The van der Waals surface area contributed by atoms with Gasteiger partial charge in [0.25, 0.3) is 0 Å². The van der Waals surface area contributed by atoms with E-state index in [0.717, 1.165) is 48.0 Å². The van der Waals surface area contributed by atoms with E-state index in [9.17, 15) is 4.79 Å². The summed E-state index contributed by atoms with van der Waals surface area (Å²) in [6.07, 6.45) is 1.09. The lowest BCUT2D eigenvalue weighted by atomic mass is 10.2. The fourth-order valence-electron chi connectivity index (χ4n) is 2.47. The largest absolute Gasteiger partial charge is 0.323 e. The first kappa shape index (κ1) is 13.4. The number of aromatic nitrogens is 2. The SMILES string of the molecule is CN(CC(=O)Nc1cccc2nsnc12)C1CCNC1. The Morgan fingerprint density at radius 3 is 3.25 bits per heavy atom. The van der Waals surface area contributed by atoms with Crippen LogP contribution in [0.25, 0.3) is 11.0 Å². The lowest BCUT2D eigenvalue weighted by molar-refractivity contribution is -0.117. The predicted molar refractivity (Wildman–Crippen MR) is 79.9 cm³/mol. The van der Waals surface area contributed by atoms with E-state index in [1.807, 2.05) is 25.2 Å². The Morgan fingerprint density at radius 1 is 1.55 bits per heavy atom. The van der Waals surface area contributed by atoms with Gasteiger partial charge in [-0.3, -0.25) is 9.69 Å². The first-order chi connectivity index (χ1) is 9.74. The maximum Gasteiger partial charge on any atom is 0.238 e. The zero-order valence-corrected chi connectivity index (χ0v) is 12.1. The Balaban J connectivity index is 1.65. The number of rotatable bonds is 4. The van der Waals surface area contributed by atoms with Gasteiger partial charge < -0.3 is 10.6 Å². The standard InChI is InChI=1S/C13H17N5OS/c1-18(9-5-6-14-7-9)8-12(19)15-10-3-2-4-11-13(10)17-20-16-11/h2-4,9,14H,5-8H2,1H3,(H,15,19). The van der Waals surface area contributed by atoms with Gasteiger partial charge in [0.15, 0.2) is 0 Å². The Labute approximate surface area is 121 Å². The second-order valence-electron chi connectivity index (χ2n) is 5.05. The van der Waals surface area contributed by atoms with E-state index in [4.69, 9.17) is 0 Å². The summed E-state index contributed by atoms with van der Waals surface area (Å²) >= 11 is 1.16. The number of nitrogens with zero attached hydrogens (tertiary/aromatic N) is 3. The lowest BCUT2D eigenvalue weighted by Crippen LogP contribution is -2.39. The smallest absolute Gasteiger partial charge is 0.238 e. The van der Waals surface area contributed by atoms with Gasteiger partial charge in [-0.2, -0.15) is 8.75 Å². The average Bonchev–Trinajstić information content (AvgIpc) is 3.10. The van der Waals surface area contributed by atoms with Gasteiger partial charge in [-0.15, -0.1) is 0 Å². The van der Waals surface area contributed by atoms with Crippen molar-refractivity contribution in [1.82, 2.24) is 19.0 Å². The van der Waals surface area contributed by atoms with Crippen molar-refractivity contribution in [3.63, 3.8) is 0 Å². The maximum atomic E-state index is 12.1. The van der Waals surface area contributed by atoms with Gasteiger partial charge in [0, 0.05) is 12.6 Å². The zero-order chi connectivity index (χ0) is 13.9. The minimum atomic E-state index is -0.0140. The van der Waals surface area contributed by atoms with Crippen LogP contribution in [0.1, 0.15) is 6.42 Å². The number of hydrogen-bond donors (Lipinski definition) is 2. The van der Waals surface area contributed by atoms with Crippen LogP contribution in [0.3, 0.4) is 0 Å². The van der Waals surface area contributed by atoms with Crippen LogP contribution in [0.4, 0.5) is 5.69 Å². The monoisotopic (exact) mass is 291 g/mol. The predicted octanol–water partition coefficient (Wildman–Crippen LogP) is 0.923. The number of carbonyl (C=O) groups excluding carboxylic acids is 1. The quantitative estimate of drug-likeness (QED) is 0.877. The Kier molecular flexibility index (Phi) is 3.90. The third-order valence-electron chi connectivity index (χ3n) is 3.61. The van der Waals surface area contributed by atoms with Crippen LogP contribution in [-0.4, -0.2) is 52.3 Å². The summed E-state index contributed by atoms with van der Waals surface area (Å²) in [5.74, 6) is -0.0140. The summed E-state index contributed by atoms with van der Waals surface area (Å²) in [6.45, 7) is 2.37. The van der Waals surface area contributed by atoms with E-state index in [-0.39, 0.29) is 5.91 Å². The van der Waals surface area contributed by atoms with Crippen molar-refractivity contribution < 1.29 is 4.79 Å². The minimum absolute atomic E-state index is 0.0140. The van der Waals surface area contributed by atoms with Crippen LogP contribution in [0.2, 0.25) is 0 Å². The normalized spacial score (nSPS) is 18.8. The molecule has 0 bridgehead atoms. The summed E-state index contributed by atoms with van der Waals surface area (Å²) in [5.41, 5.74) is 2.32. The lowest BCUT2D eigenvalue weighted by Gasteiger charge is -2.22. The number of amides is 1. The van der Waals surface area contributed by atoms with Crippen molar-refractivity contribution >= 4 is 34.4 Å². The molecule has 0 aliphatic carbocycles. The molecule has 1 aromatic heterocycles. The van der Waals surface area contributed by atoms with Gasteiger partial charge in [-0.1, -0.05) is 6.07 Å². The molecule has 20 heavy (non-hydrogen) atoms. The number of carbonyl (C=O) groups is 1. The summed E-state index contributed by atoms with van der Waals surface area (Å²) in [4.78, 5) is 14.2. The molecule has 1 aliphatic rings. The number of hydrogen-bond acceptors (Lipinski definition) is 6. The third kappa shape index (κ3) is 2.79. The van der Waals surface area contributed by atoms with Crippen molar-refractivity contribution in [3.05, 3.63) is 18.2 Å². The van der Waals surface area contributed by atoms with Crippen LogP contribution >= 0.6 is 11.7 Å². The highest BCUT2D eigenvalue weighted by molar-refractivity contribution is 7.00. The summed E-state index contributed by atoms with van der Waals surface area (Å²) in [5, 5.41) is 6.24. The van der Waals surface area contributed by atoms with Crippen molar-refractivity contribution in [1.29, 1.82) is 0 Å².